The lowest BCUT2D eigenvalue weighted by Gasteiger charge is -2.21. The van der Waals surface area contributed by atoms with Crippen molar-refractivity contribution < 1.29 is 0 Å². The van der Waals surface area contributed by atoms with Crippen LogP contribution in [0.3, 0.4) is 0 Å². The Kier molecular flexibility index (Phi) is 5.19. The summed E-state index contributed by atoms with van der Waals surface area (Å²) in [5.41, 5.74) is 3.59. The summed E-state index contributed by atoms with van der Waals surface area (Å²) in [6.45, 7) is 2.65. The Labute approximate surface area is 160 Å². The number of nitrogens with zero attached hydrogens (tertiary/aromatic N) is 3. The van der Waals surface area contributed by atoms with E-state index in [2.05, 4.69) is 67.6 Å². The molecule has 0 radical (unpaired) electrons. The van der Waals surface area contributed by atoms with E-state index in [4.69, 9.17) is 0 Å². The number of nitrogens with one attached hydrogen (secondary N) is 2. The average Bonchev–Trinajstić information content (AvgIpc) is 3.40. The summed E-state index contributed by atoms with van der Waals surface area (Å²) in [5.74, 6) is 2.41. The summed E-state index contributed by atoms with van der Waals surface area (Å²) < 4.78 is 0. The molecular weight excluding hydrogens is 334 g/mol. The van der Waals surface area contributed by atoms with Crippen LogP contribution >= 0.6 is 0 Å². The minimum absolute atomic E-state index is 0.568. The third-order valence-electron chi connectivity index (χ3n) is 5.10. The molecule has 1 saturated heterocycles. The highest BCUT2D eigenvalue weighted by Crippen LogP contribution is 2.26. The lowest BCUT2D eigenvalue weighted by molar-refractivity contribution is 0.484. The number of rotatable bonds is 4. The molecule has 1 aliphatic heterocycles. The molecule has 3 aromatic rings. The summed E-state index contributed by atoms with van der Waals surface area (Å²) in [6.07, 6.45) is 3.04. The second-order valence-corrected chi connectivity index (χ2v) is 6.85. The Morgan fingerprint density at radius 3 is 2.63 bits per heavy atom. The predicted octanol–water partition coefficient (Wildman–Crippen LogP) is 3.64. The first-order chi connectivity index (χ1) is 13.3. The van der Waals surface area contributed by atoms with Crippen LogP contribution in [-0.4, -0.2) is 41.0 Å². The van der Waals surface area contributed by atoms with Crippen molar-refractivity contribution in [3.8, 4) is 11.3 Å². The SMILES string of the molecule is CN=C(NCc1ncc(-c2ccccc2)[nH]1)N1CCC(c2ccccc2)C1. The van der Waals surface area contributed by atoms with Gasteiger partial charge in [0.25, 0.3) is 0 Å². The monoisotopic (exact) mass is 359 g/mol. The zero-order valence-electron chi connectivity index (χ0n) is 15.6. The zero-order chi connectivity index (χ0) is 18.5. The largest absolute Gasteiger partial charge is 0.349 e. The van der Waals surface area contributed by atoms with E-state index in [1.165, 1.54) is 5.56 Å². The van der Waals surface area contributed by atoms with Crippen LogP contribution in [0, 0.1) is 0 Å². The number of likely N-dealkylation sites (tertiary alicyclic amines) is 1. The maximum absolute atomic E-state index is 4.50. The van der Waals surface area contributed by atoms with E-state index in [9.17, 15) is 0 Å². The number of hydrogen-bond donors (Lipinski definition) is 2. The van der Waals surface area contributed by atoms with Gasteiger partial charge in [-0.1, -0.05) is 60.7 Å². The molecule has 138 valence electrons. The molecule has 5 nitrogen and oxygen atoms in total. The number of aromatic nitrogens is 2. The molecule has 0 aliphatic carbocycles. The number of hydrogen-bond acceptors (Lipinski definition) is 2. The average molecular weight is 359 g/mol. The van der Waals surface area contributed by atoms with Gasteiger partial charge in [-0.05, 0) is 17.5 Å². The fraction of sp³-hybridized carbons (Fsp3) is 0.273. The number of imidazole rings is 1. The third-order valence-corrected chi connectivity index (χ3v) is 5.10. The van der Waals surface area contributed by atoms with E-state index in [0.29, 0.717) is 12.5 Å². The van der Waals surface area contributed by atoms with Gasteiger partial charge in [0.05, 0.1) is 18.4 Å². The van der Waals surface area contributed by atoms with Gasteiger partial charge in [0.15, 0.2) is 5.96 Å². The van der Waals surface area contributed by atoms with Gasteiger partial charge in [-0.15, -0.1) is 0 Å². The molecule has 4 rings (SSSR count). The summed E-state index contributed by atoms with van der Waals surface area (Å²) in [6, 6.07) is 21.0. The van der Waals surface area contributed by atoms with Gasteiger partial charge in [0, 0.05) is 26.1 Å². The molecule has 0 amide bonds. The van der Waals surface area contributed by atoms with E-state index in [0.717, 1.165) is 42.6 Å². The summed E-state index contributed by atoms with van der Waals surface area (Å²) in [7, 11) is 1.84. The van der Waals surface area contributed by atoms with E-state index >= 15 is 0 Å². The molecule has 2 heterocycles. The normalized spacial score (nSPS) is 17.3. The lowest BCUT2D eigenvalue weighted by Crippen LogP contribution is -2.39. The maximum atomic E-state index is 4.50. The van der Waals surface area contributed by atoms with Crippen LogP contribution in [0.15, 0.2) is 71.9 Å². The van der Waals surface area contributed by atoms with E-state index in [1.54, 1.807) is 0 Å². The molecule has 1 aliphatic rings. The number of aliphatic imine (C=N–C) groups is 1. The minimum Gasteiger partial charge on any atom is -0.349 e. The second-order valence-electron chi connectivity index (χ2n) is 6.85. The first-order valence-corrected chi connectivity index (χ1v) is 9.43. The van der Waals surface area contributed by atoms with Gasteiger partial charge in [-0.25, -0.2) is 4.98 Å². The topological polar surface area (TPSA) is 56.3 Å². The fourth-order valence-electron chi connectivity index (χ4n) is 3.66. The van der Waals surface area contributed by atoms with Gasteiger partial charge in [0.1, 0.15) is 5.82 Å². The van der Waals surface area contributed by atoms with Gasteiger partial charge < -0.3 is 15.2 Å². The molecule has 5 heteroatoms. The molecule has 1 aromatic heterocycles. The maximum Gasteiger partial charge on any atom is 0.194 e. The van der Waals surface area contributed by atoms with Crippen molar-refractivity contribution in [3.05, 3.63) is 78.2 Å². The van der Waals surface area contributed by atoms with Crippen molar-refractivity contribution in [2.75, 3.05) is 20.1 Å². The van der Waals surface area contributed by atoms with Crippen LogP contribution < -0.4 is 5.32 Å². The molecule has 1 unspecified atom stereocenters. The van der Waals surface area contributed by atoms with Crippen molar-refractivity contribution in [2.45, 2.75) is 18.9 Å². The Morgan fingerprint density at radius 1 is 1.15 bits per heavy atom. The highest BCUT2D eigenvalue weighted by molar-refractivity contribution is 5.80. The predicted molar refractivity (Wildman–Crippen MR) is 110 cm³/mol. The van der Waals surface area contributed by atoms with Crippen LogP contribution in [0.1, 0.15) is 23.7 Å². The number of guanidine groups is 1. The summed E-state index contributed by atoms with van der Waals surface area (Å²) >= 11 is 0. The zero-order valence-corrected chi connectivity index (χ0v) is 15.6. The van der Waals surface area contributed by atoms with Crippen LogP contribution in [-0.2, 0) is 6.54 Å². The Hall–Kier alpha value is -3.08. The van der Waals surface area contributed by atoms with Crippen molar-refractivity contribution in [1.82, 2.24) is 20.2 Å². The Bertz CT molecular complexity index is 885. The third kappa shape index (κ3) is 4.03. The van der Waals surface area contributed by atoms with Gasteiger partial charge in [-0.2, -0.15) is 0 Å². The van der Waals surface area contributed by atoms with Gasteiger partial charge in [0.2, 0.25) is 0 Å². The molecule has 1 fully saturated rings. The number of benzene rings is 2. The molecule has 0 spiro atoms. The van der Waals surface area contributed by atoms with Gasteiger partial charge in [-0.3, -0.25) is 4.99 Å². The molecule has 1 atom stereocenters. The second kappa shape index (κ2) is 8.08. The first-order valence-electron chi connectivity index (χ1n) is 9.43. The molecule has 2 N–H and O–H groups in total. The van der Waals surface area contributed by atoms with Crippen molar-refractivity contribution in [3.63, 3.8) is 0 Å². The van der Waals surface area contributed by atoms with E-state index in [1.807, 2.05) is 31.4 Å². The van der Waals surface area contributed by atoms with Crippen LogP contribution in [0.5, 0.6) is 0 Å². The molecule has 0 bridgehead atoms. The van der Waals surface area contributed by atoms with Crippen LogP contribution in [0.2, 0.25) is 0 Å². The van der Waals surface area contributed by atoms with Crippen LogP contribution in [0.4, 0.5) is 0 Å². The van der Waals surface area contributed by atoms with Crippen molar-refractivity contribution >= 4 is 5.96 Å². The standard InChI is InChI=1S/C22H25N5/c1-23-22(27-13-12-19(16-27)17-8-4-2-5-9-17)25-15-21-24-14-20(26-21)18-10-6-3-7-11-18/h2-11,14,19H,12-13,15-16H2,1H3,(H,23,25)(H,24,26). The summed E-state index contributed by atoms with van der Waals surface area (Å²) in [5, 5.41) is 3.45. The smallest absolute Gasteiger partial charge is 0.194 e. The van der Waals surface area contributed by atoms with Gasteiger partial charge >= 0.3 is 0 Å². The highest BCUT2D eigenvalue weighted by atomic mass is 15.3. The first kappa shape index (κ1) is 17.3. The molecular formula is C22H25N5. The lowest BCUT2D eigenvalue weighted by atomic mass is 9.99. The van der Waals surface area contributed by atoms with E-state index in [-0.39, 0.29) is 0 Å². The molecule has 2 aromatic carbocycles. The Morgan fingerprint density at radius 2 is 1.89 bits per heavy atom. The van der Waals surface area contributed by atoms with Crippen molar-refractivity contribution in [1.29, 1.82) is 0 Å². The van der Waals surface area contributed by atoms with Crippen LogP contribution in [0.25, 0.3) is 11.3 Å². The summed E-state index contributed by atoms with van der Waals surface area (Å²) in [4.78, 5) is 14.7. The fourth-order valence-corrected chi connectivity index (χ4v) is 3.66. The number of aromatic amines is 1. The molecule has 27 heavy (non-hydrogen) atoms. The van der Waals surface area contributed by atoms with Crippen molar-refractivity contribution in [2.24, 2.45) is 4.99 Å². The minimum atomic E-state index is 0.568. The molecule has 0 saturated carbocycles. The Balaban J connectivity index is 1.36. The highest BCUT2D eigenvalue weighted by Gasteiger charge is 2.25. The van der Waals surface area contributed by atoms with E-state index < -0.39 is 0 Å². The quantitative estimate of drug-likeness (QED) is 0.552. The number of H-pyrrole nitrogens is 1.